The van der Waals surface area contributed by atoms with Crippen LogP contribution >= 0.6 is 15.9 Å². The van der Waals surface area contributed by atoms with Gasteiger partial charge in [-0.05, 0) is 28.1 Å². The third kappa shape index (κ3) is 2.38. The number of hydrogen-bond donors (Lipinski definition) is 0. The molecule has 0 amide bonds. The molecule has 0 atom stereocenters. The standard InChI is InChI=1S/C8H7BrF2O2/c1-12-4-13-8-5(9)2-3-6(10)7(8)11/h2-3H,4H2,1H3. The second-order valence-electron chi connectivity index (χ2n) is 2.22. The maximum Gasteiger partial charge on any atom is 0.201 e. The first-order chi connectivity index (χ1) is 6.16. The number of benzene rings is 1. The molecule has 0 unspecified atom stereocenters. The summed E-state index contributed by atoms with van der Waals surface area (Å²) in [7, 11) is 1.39. The van der Waals surface area contributed by atoms with Gasteiger partial charge in [0.25, 0.3) is 0 Å². The molecule has 72 valence electrons. The van der Waals surface area contributed by atoms with Gasteiger partial charge in [-0.15, -0.1) is 0 Å². The molecule has 1 rings (SSSR count). The molecule has 0 saturated heterocycles. The van der Waals surface area contributed by atoms with Gasteiger partial charge < -0.3 is 9.47 Å². The van der Waals surface area contributed by atoms with Crippen molar-refractivity contribution in [3.63, 3.8) is 0 Å². The zero-order chi connectivity index (χ0) is 9.84. The summed E-state index contributed by atoms with van der Waals surface area (Å²) in [5.74, 6) is -2.15. The lowest BCUT2D eigenvalue weighted by atomic mass is 10.3. The van der Waals surface area contributed by atoms with Crippen LogP contribution in [0.4, 0.5) is 8.78 Å². The Hall–Kier alpha value is -0.680. The SMILES string of the molecule is COCOc1c(Br)ccc(F)c1F. The summed E-state index contributed by atoms with van der Waals surface area (Å²) in [6.45, 7) is -0.126. The van der Waals surface area contributed by atoms with Crippen LogP contribution in [0.25, 0.3) is 0 Å². The van der Waals surface area contributed by atoms with Crippen molar-refractivity contribution in [2.24, 2.45) is 0 Å². The predicted octanol–water partition coefficient (Wildman–Crippen LogP) is 2.71. The lowest BCUT2D eigenvalue weighted by Gasteiger charge is -2.07. The Morgan fingerprint density at radius 1 is 1.38 bits per heavy atom. The topological polar surface area (TPSA) is 18.5 Å². The summed E-state index contributed by atoms with van der Waals surface area (Å²) < 4.78 is 35.4. The van der Waals surface area contributed by atoms with Crippen LogP contribution in [0.1, 0.15) is 0 Å². The average molecular weight is 253 g/mol. The van der Waals surface area contributed by atoms with Gasteiger partial charge in [-0.2, -0.15) is 4.39 Å². The summed E-state index contributed by atoms with van der Waals surface area (Å²) in [4.78, 5) is 0. The summed E-state index contributed by atoms with van der Waals surface area (Å²) >= 11 is 3.02. The van der Waals surface area contributed by atoms with Gasteiger partial charge in [-0.1, -0.05) is 0 Å². The van der Waals surface area contributed by atoms with Gasteiger partial charge in [0.05, 0.1) is 4.47 Å². The number of ether oxygens (including phenoxy) is 2. The Bertz CT molecular complexity index is 304. The fraction of sp³-hybridized carbons (Fsp3) is 0.250. The molecular weight excluding hydrogens is 246 g/mol. The molecule has 0 bridgehead atoms. The predicted molar refractivity (Wildman–Crippen MR) is 46.6 cm³/mol. The minimum atomic E-state index is -1.02. The molecular formula is C8H7BrF2O2. The van der Waals surface area contributed by atoms with Gasteiger partial charge in [-0.3, -0.25) is 0 Å². The van der Waals surface area contributed by atoms with Crippen molar-refractivity contribution >= 4 is 15.9 Å². The molecule has 5 heteroatoms. The summed E-state index contributed by atoms with van der Waals surface area (Å²) in [6, 6.07) is 2.38. The van der Waals surface area contributed by atoms with E-state index in [0.717, 1.165) is 6.07 Å². The fourth-order valence-electron chi connectivity index (χ4n) is 0.759. The van der Waals surface area contributed by atoms with E-state index >= 15 is 0 Å². The quantitative estimate of drug-likeness (QED) is 0.609. The third-order valence-corrected chi connectivity index (χ3v) is 1.95. The molecule has 0 aliphatic heterocycles. The van der Waals surface area contributed by atoms with Gasteiger partial charge in [0.15, 0.2) is 18.4 Å². The summed E-state index contributed by atoms with van der Waals surface area (Å²) in [5.41, 5.74) is 0. The van der Waals surface area contributed by atoms with Crippen LogP contribution in [0.15, 0.2) is 16.6 Å². The molecule has 0 N–H and O–H groups in total. The van der Waals surface area contributed by atoms with Crippen LogP contribution in [0.5, 0.6) is 5.75 Å². The third-order valence-electron chi connectivity index (χ3n) is 1.32. The first-order valence-corrected chi connectivity index (χ1v) is 4.21. The largest absolute Gasteiger partial charge is 0.463 e. The van der Waals surface area contributed by atoms with Gasteiger partial charge in [-0.25, -0.2) is 4.39 Å². The van der Waals surface area contributed by atoms with E-state index < -0.39 is 11.6 Å². The van der Waals surface area contributed by atoms with Crippen LogP contribution in [-0.4, -0.2) is 13.9 Å². The van der Waals surface area contributed by atoms with E-state index in [9.17, 15) is 8.78 Å². The van der Waals surface area contributed by atoms with Gasteiger partial charge in [0.2, 0.25) is 5.82 Å². The van der Waals surface area contributed by atoms with Gasteiger partial charge in [0.1, 0.15) is 0 Å². The molecule has 1 aromatic rings. The number of halogens is 3. The highest BCUT2D eigenvalue weighted by atomic mass is 79.9. The molecule has 0 aliphatic rings. The number of rotatable bonds is 3. The number of methoxy groups -OCH3 is 1. The molecule has 2 nitrogen and oxygen atoms in total. The molecule has 13 heavy (non-hydrogen) atoms. The monoisotopic (exact) mass is 252 g/mol. The lowest BCUT2D eigenvalue weighted by Crippen LogP contribution is -2.02. The molecule has 0 fully saturated rings. The summed E-state index contributed by atoms with van der Waals surface area (Å²) in [6.07, 6.45) is 0. The van der Waals surface area contributed by atoms with Crippen LogP contribution < -0.4 is 4.74 Å². The molecule has 1 aromatic carbocycles. The zero-order valence-electron chi connectivity index (χ0n) is 6.81. The van der Waals surface area contributed by atoms with Gasteiger partial charge >= 0.3 is 0 Å². The average Bonchev–Trinajstić information content (AvgIpc) is 2.12. The highest BCUT2D eigenvalue weighted by Crippen LogP contribution is 2.29. The molecule has 0 saturated carbocycles. The Morgan fingerprint density at radius 2 is 2.08 bits per heavy atom. The van der Waals surface area contributed by atoms with Crippen LogP contribution in [0, 0.1) is 11.6 Å². The Labute approximate surface area is 82.6 Å². The normalized spacial score (nSPS) is 10.2. The van der Waals surface area contributed by atoms with E-state index in [-0.39, 0.29) is 12.5 Å². The zero-order valence-corrected chi connectivity index (χ0v) is 8.40. The minimum absolute atomic E-state index is 0.126. The van der Waals surface area contributed by atoms with E-state index in [1.165, 1.54) is 13.2 Å². The molecule has 0 aromatic heterocycles. The van der Waals surface area contributed by atoms with Crippen LogP contribution in [0.3, 0.4) is 0 Å². The van der Waals surface area contributed by atoms with E-state index in [2.05, 4.69) is 20.7 Å². The van der Waals surface area contributed by atoms with Crippen molar-refractivity contribution in [1.29, 1.82) is 0 Å². The van der Waals surface area contributed by atoms with Crippen molar-refractivity contribution in [3.8, 4) is 5.75 Å². The van der Waals surface area contributed by atoms with Crippen molar-refractivity contribution < 1.29 is 18.3 Å². The second-order valence-corrected chi connectivity index (χ2v) is 3.08. The molecule has 0 aliphatic carbocycles. The highest BCUT2D eigenvalue weighted by Gasteiger charge is 2.12. The maximum atomic E-state index is 13.0. The van der Waals surface area contributed by atoms with E-state index in [0.29, 0.717) is 4.47 Å². The smallest absolute Gasteiger partial charge is 0.201 e. The molecule has 0 radical (unpaired) electrons. The van der Waals surface area contributed by atoms with Crippen LogP contribution in [0.2, 0.25) is 0 Å². The first kappa shape index (κ1) is 10.4. The highest BCUT2D eigenvalue weighted by molar-refractivity contribution is 9.10. The minimum Gasteiger partial charge on any atom is -0.463 e. The van der Waals surface area contributed by atoms with Gasteiger partial charge in [0, 0.05) is 7.11 Å². The van der Waals surface area contributed by atoms with Crippen molar-refractivity contribution in [1.82, 2.24) is 0 Å². The molecule has 0 spiro atoms. The lowest BCUT2D eigenvalue weighted by molar-refractivity contribution is 0.0472. The Balaban J connectivity index is 2.96. The number of hydrogen-bond acceptors (Lipinski definition) is 2. The Morgan fingerprint density at radius 3 is 2.69 bits per heavy atom. The van der Waals surface area contributed by atoms with E-state index in [1.807, 2.05) is 0 Å². The molecule has 0 heterocycles. The van der Waals surface area contributed by atoms with Crippen molar-refractivity contribution in [3.05, 3.63) is 28.2 Å². The summed E-state index contributed by atoms with van der Waals surface area (Å²) in [5, 5.41) is 0. The maximum absolute atomic E-state index is 13.0. The first-order valence-electron chi connectivity index (χ1n) is 3.42. The van der Waals surface area contributed by atoms with Crippen molar-refractivity contribution in [2.45, 2.75) is 0 Å². The van der Waals surface area contributed by atoms with Crippen LogP contribution in [-0.2, 0) is 4.74 Å². The second kappa shape index (κ2) is 4.53. The van der Waals surface area contributed by atoms with E-state index in [1.54, 1.807) is 0 Å². The fourth-order valence-corrected chi connectivity index (χ4v) is 1.18. The van der Waals surface area contributed by atoms with Crippen molar-refractivity contribution in [2.75, 3.05) is 13.9 Å². The van der Waals surface area contributed by atoms with E-state index in [4.69, 9.17) is 4.74 Å². The Kier molecular flexibility index (Phi) is 3.62.